The molecule has 0 saturated carbocycles. The number of nitrogen functional groups attached to an aromatic ring is 2. The Kier molecular flexibility index (Phi) is 19.8. The second-order valence-electron chi connectivity index (χ2n) is 11.4. The first-order chi connectivity index (χ1) is 23.8. The number of hydrogen-bond donors (Lipinski definition) is 4. The molecule has 4 aromatic rings. The van der Waals surface area contributed by atoms with E-state index in [2.05, 4.69) is 43.3 Å². The Balaban J connectivity index is 0.00000261. The Hall–Kier alpha value is 1.18. The van der Waals surface area contributed by atoms with Crippen molar-refractivity contribution in [2.24, 2.45) is 0 Å². The Bertz CT molecular complexity index is 1990. The summed E-state index contributed by atoms with van der Waals surface area (Å²) in [5.74, 6) is -3.82. The third kappa shape index (κ3) is 13.1. The minimum Gasteiger partial charge on any atom is -0.778 e. The fourth-order valence-corrected chi connectivity index (χ4v) is 13.0. The molecule has 55 heavy (non-hydrogen) atoms. The molecular formula is C22H28N10Na4O15P4. The van der Waals surface area contributed by atoms with E-state index in [4.69, 9.17) is 20.9 Å². The Morgan fingerprint density at radius 2 is 1.02 bits per heavy atom. The third-order valence-electron chi connectivity index (χ3n) is 7.62. The van der Waals surface area contributed by atoms with Crippen LogP contribution < -0.4 is 149 Å². The standard InChI is InChI=1S/C22H32N10O15P4.4Na/c23-19-17-21(27-5-25-19)31(7-29-17)15-1-11(33)13(45-15)3-43-48(35,36)9-50(39,40)47-51(41,42)10-49(37,38)44-4-14-12(34)2-16(46-14)32-8-30-18-20(24)26-6-28-22(18)32;;;;/h5-8,11-16,33-34H,1-4,9-10H2,(H,35,36)(H,37,38)(H,39,40)(H,41,42)(H2,23,25,27)(H2,24,26,28);;;;/q;4*+1/p-4/t11-,12-,13+,14+,15+,16+;;;;/m0..../s1. The average molecular weight is 888 g/mol. The van der Waals surface area contributed by atoms with Crippen LogP contribution in [0.1, 0.15) is 25.3 Å². The SMILES string of the molecule is Nc1ncnc2c1ncn2[C@H]1C[C@H](O)[C@@H](COP(=O)([O-])CP(=O)([O-])OP(=O)([O-])CP(=O)([O-])OC[C@H]2O[C@@H](n3cnc4c(N)ncnc43)C[C@@H]2O)O1.[Na+].[Na+].[Na+].[Na+]. The fourth-order valence-electron chi connectivity index (χ4n) is 5.35. The fraction of sp³-hybridized carbons (Fsp3) is 0.545. The number of aliphatic hydroxyl groups is 2. The monoisotopic (exact) mass is 888 g/mol. The number of fused-ring (bicyclic) bond motifs is 2. The molecule has 0 aromatic carbocycles. The summed E-state index contributed by atoms with van der Waals surface area (Å²) in [5.41, 5.74) is 12.5. The van der Waals surface area contributed by atoms with Gasteiger partial charge in [-0.25, -0.2) is 29.9 Å². The van der Waals surface area contributed by atoms with Crippen LogP contribution in [0.4, 0.5) is 11.6 Å². The predicted molar refractivity (Wildman–Crippen MR) is 162 cm³/mol. The van der Waals surface area contributed by atoms with Gasteiger partial charge in [-0.3, -0.25) is 13.4 Å². The Labute approximate surface area is 399 Å². The zero-order chi connectivity index (χ0) is 36.9. The first-order valence-corrected chi connectivity index (χ1v) is 21.5. The second kappa shape index (κ2) is 20.8. The van der Waals surface area contributed by atoms with Crippen LogP contribution in [0.2, 0.25) is 0 Å². The topological polar surface area (TPSA) is 386 Å². The number of aliphatic hydroxyl groups excluding tert-OH is 2. The van der Waals surface area contributed by atoms with Crippen LogP contribution in [-0.4, -0.2) is 98.7 Å². The van der Waals surface area contributed by atoms with E-state index in [1.165, 1.54) is 34.4 Å². The molecule has 10 atom stereocenters. The molecule has 2 saturated heterocycles. The number of anilines is 2. The van der Waals surface area contributed by atoms with Crippen molar-refractivity contribution in [2.45, 2.75) is 49.7 Å². The third-order valence-corrected chi connectivity index (χ3v) is 16.2. The number of hydrogen-bond acceptors (Lipinski definition) is 23. The van der Waals surface area contributed by atoms with E-state index in [0.29, 0.717) is 0 Å². The summed E-state index contributed by atoms with van der Waals surface area (Å²) in [7, 11) is -22.6. The molecule has 2 aliphatic heterocycles. The molecule has 0 bridgehead atoms. The molecule has 4 unspecified atom stereocenters. The Morgan fingerprint density at radius 1 is 0.655 bits per heavy atom. The summed E-state index contributed by atoms with van der Waals surface area (Å²) < 4.78 is 77.2. The van der Waals surface area contributed by atoms with Crippen molar-refractivity contribution in [1.82, 2.24) is 39.0 Å². The van der Waals surface area contributed by atoms with Gasteiger partial charge in [0, 0.05) is 12.8 Å². The number of imidazole rings is 2. The van der Waals surface area contributed by atoms with Crippen molar-refractivity contribution in [2.75, 3.05) is 36.5 Å². The van der Waals surface area contributed by atoms with Crippen molar-refractivity contribution in [3.05, 3.63) is 25.3 Å². The van der Waals surface area contributed by atoms with E-state index in [0.717, 1.165) is 0 Å². The molecule has 6 heterocycles. The van der Waals surface area contributed by atoms with Gasteiger partial charge in [-0.05, 0) is 0 Å². The van der Waals surface area contributed by atoms with Crippen molar-refractivity contribution >= 4 is 64.3 Å². The molecule has 280 valence electrons. The average Bonchev–Trinajstić information content (AvgIpc) is 3.79. The summed E-state index contributed by atoms with van der Waals surface area (Å²) >= 11 is 0. The Morgan fingerprint density at radius 3 is 1.38 bits per heavy atom. The van der Waals surface area contributed by atoms with E-state index in [9.17, 15) is 48.0 Å². The maximum absolute atomic E-state index is 12.5. The maximum Gasteiger partial charge on any atom is 1.00 e. The molecular weight excluding hydrogens is 860 g/mol. The molecule has 25 nitrogen and oxygen atoms in total. The van der Waals surface area contributed by atoms with Crippen molar-refractivity contribution in [3.8, 4) is 0 Å². The van der Waals surface area contributed by atoms with E-state index in [1.54, 1.807) is 0 Å². The van der Waals surface area contributed by atoms with Gasteiger partial charge in [0.25, 0.3) is 0 Å². The van der Waals surface area contributed by atoms with Crippen LogP contribution in [0.25, 0.3) is 22.3 Å². The predicted octanol–water partition coefficient (Wildman–Crippen LogP) is -14.7. The number of rotatable bonds is 14. The van der Waals surface area contributed by atoms with E-state index >= 15 is 0 Å². The van der Waals surface area contributed by atoms with Crippen LogP contribution in [0, 0.1) is 0 Å². The van der Waals surface area contributed by atoms with Gasteiger partial charge in [0.1, 0.15) is 78.7 Å². The van der Waals surface area contributed by atoms with Gasteiger partial charge in [-0.2, -0.15) is 0 Å². The molecule has 4 aromatic heterocycles. The minimum absolute atomic E-state index is 0. The van der Waals surface area contributed by atoms with Gasteiger partial charge in [0.15, 0.2) is 22.9 Å². The normalized spacial score (nSPS) is 26.7. The summed E-state index contributed by atoms with van der Waals surface area (Å²) in [4.78, 5) is 73.6. The van der Waals surface area contributed by atoms with Gasteiger partial charge >= 0.3 is 118 Å². The second-order valence-corrected chi connectivity index (χ2v) is 19.7. The van der Waals surface area contributed by atoms with E-state index in [1.807, 2.05) is 0 Å². The van der Waals surface area contributed by atoms with Crippen molar-refractivity contribution in [1.29, 1.82) is 0 Å². The molecule has 33 heteroatoms. The molecule has 2 fully saturated rings. The minimum atomic E-state index is -5.87. The van der Waals surface area contributed by atoms with Crippen LogP contribution in [0.5, 0.6) is 0 Å². The molecule has 0 amide bonds. The first kappa shape index (κ1) is 52.3. The van der Waals surface area contributed by atoms with Crippen LogP contribution in [0.15, 0.2) is 25.3 Å². The quantitative estimate of drug-likeness (QED) is 0.0674. The van der Waals surface area contributed by atoms with Crippen molar-refractivity contribution in [3.63, 3.8) is 0 Å². The van der Waals surface area contributed by atoms with Gasteiger partial charge in [0.05, 0.1) is 49.9 Å². The van der Waals surface area contributed by atoms with E-state index in [-0.39, 0.29) is 165 Å². The number of ether oxygens (including phenoxy) is 2. The maximum atomic E-state index is 12.5. The van der Waals surface area contributed by atoms with Crippen LogP contribution in [0.3, 0.4) is 0 Å². The smallest absolute Gasteiger partial charge is 0.778 e. The molecule has 2 aliphatic rings. The zero-order valence-electron chi connectivity index (χ0n) is 29.7. The number of nitrogens with zero attached hydrogens (tertiary/aromatic N) is 8. The summed E-state index contributed by atoms with van der Waals surface area (Å²) in [6.07, 6.45) is -2.16. The van der Waals surface area contributed by atoms with E-state index < -0.39 is 92.3 Å². The summed E-state index contributed by atoms with van der Waals surface area (Å²) in [6, 6.07) is 0. The molecule has 6 rings (SSSR count). The van der Waals surface area contributed by atoms with Gasteiger partial charge in [0.2, 0.25) is 0 Å². The van der Waals surface area contributed by atoms with Crippen molar-refractivity contribution < 1.29 is 189 Å². The molecule has 0 spiro atoms. The molecule has 6 N–H and O–H groups in total. The molecule has 0 aliphatic carbocycles. The largest absolute Gasteiger partial charge is 1.00 e. The summed E-state index contributed by atoms with van der Waals surface area (Å²) in [5, 5.41) is 20.8. The zero-order valence-corrected chi connectivity index (χ0v) is 41.3. The number of nitrogens with two attached hydrogens (primary N) is 2. The first-order valence-electron chi connectivity index (χ1n) is 14.6. The van der Waals surface area contributed by atoms with Gasteiger partial charge in [-0.1, -0.05) is 0 Å². The van der Waals surface area contributed by atoms with Crippen LogP contribution >= 0.6 is 30.4 Å². The van der Waals surface area contributed by atoms with Gasteiger partial charge in [-0.15, -0.1) is 0 Å². The van der Waals surface area contributed by atoms with Crippen LogP contribution in [-0.2, 0) is 41.1 Å². The molecule has 0 radical (unpaired) electrons. The summed E-state index contributed by atoms with van der Waals surface area (Å²) in [6.45, 7) is -1.76. The van der Waals surface area contributed by atoms with Gasteiger partial charge < -0.3 is 78.0 Å². The number of aromatic nitrogens is 8.